The Balaban J connectivity index is 1.63. The molecular weight excluding hydrogens is 423 g/mol. The maximum absolute atomic E-state index is 14.7. The summed E-state index contributed by atoms with van der Waals surface area (Å²) in [6, 6.07) is 9.44. The van der Waals surface area contributed by atoms with Crippen LogP contribution in [0.4, 0.5) is 22.0 Å². The van der Waals surface area contributed by atoms with Crippen LogP contribution < -0.4 is 0 Å². The van der Waals surface area contributed by atoms with E-state index in [9.17, 15) is 22.0 Å². The van der Waals surface area contributed by atoms with E-state index in [1.54, 1.807) is 6.07 Å². The predicted molar refractivity (Wildman–Crippen MR) is 105 cm³/mol. The second-order valence-electron chi connectivity index (χ2n) is 6.84. The van der Waals surface area contributed by atoms with Crippen molar-refractivity contribution in [3.05, 3.63) is 83.2 Å². The number of thiol groups is 1. The third-order valence-electron chi connectivity index (χ3n) is 4.72. The van der Waals surface area contributed by atoms with Gasteiger partial charge in [-0.15, -0.1) is 0 Å². The number of hydrogen-bond acceptors (Lipinski definition) is 3. The first-order valence-electron chi connectivity index (χ1n) is 8.99. The second-order valence-corrected chi connectivity index (χ2v) is 7.57. The summed E-state index contributed by atoms with van der Waals surface area (Å²) in [7, 11) is 0. The lowest BCUT2D eigenvalue weighted by Crippen LogP contribution is -2.27. The molecule has 1 heterocycles. The molecule has 0 saturated carbocycles. The maximum Gasteiger partial charge on any atom is 0.194 e. The SMILES string of the molecule is Fc1cc(-c2ccc(C3OCC(S)CO3)cc2F)ccc1-c1cc(F)c(F)c(F)c1. The fourth-order valence-electron chi connectivity index (χ4n) is 3.23. The Morgan fingerprint density at radius 2 is 1.20 bits per heavy atom. The molecule has 4 rings (SSSR count). The molecule has 0 N–H and O–H groups in total. The molecule has 0 spiro atoms. The number of ether oxygens (including phenoxy) is 2. The molecule has 0 radical (unpaired) electrons. The van der Waals surface area contributed by atoms with Crippen LogP contribution in [0.1, 0.15) is 11.9 Å². The third kappa shape index (κ3) is 4.08. The summed E-state index contributed by atoms with van der Waals surface area (Å²) in [5.74, 6) is -5.93. The standard InChI is InChI=1S/C22H15F5O2S/c23-17-5-11(1-3-16(17)13-7-19(25)21(27)20(26)8-13)15-4-2-12(6-18(15)24)22-28-9-14(30)10-29-22/h1-8,14,22,30H,9-10H2. The smallest absolute Gasteiger partial charge is 0.194 e. The molecule has 3 aromatic carbocycles. The van der Waals surface area contributed by atoms with Gasteiger partial charge in [-0.2, -0.15) is 12.6 Å². The maximum atomic E-state index is 14.7. The van der Waals surface area contributed by atoms with E-state index in [4.69, 9.17) is 9.47 Å². The molecule has 1 aliphatic rings. The van der Waals surface area contributed by atoms with Crippen molar-refractivity contribution in [1.82, 2.24) is 0 Å². The molecule has 0 bridgehead atoms. The Morgan fingerprint density at radius 3 is 1.80 bits per heavy atom. The number of rotatable bonds is 3. The summed E-state index contributed by atoms with van der Waals surface area (Å²) in [6.07, 6.45) is -0.709. The lowest BCUT2D eigenvalue weighted by molar-refractivity contribution is -0.179. The van der Waals surface area contributed by atoms with E-state index in [-0.39, 0.29) is 27.5 Å². The molecule has 156 valence electrons. The average molecular weight is 438 g/mol. The van der Waals surface area contributed by atoms with Gasteiger partial charge < -0.3 is 9.47 Å². The molecular formula is C22H15F5O2S. The Hall–Kier alpha value is -2.42. The largest absolute Gasteiger partial charge is 0.347 e. The lowest BCUT2D eigenvalue weighted by atomic mass is 9.98. The topological polar surface area (TPSA) is 18.5 Å². The zero-order chi connectivity index (χ0) is 21.4. The Kier molecular flexibility index (Phi) is 5.81. The molecule has 0 amide bonds. The zero-order valence-corrected chi connectivity index (χ0v) is 16.2. The Morgan fingerprint density at radius 1 is 0.667 bits per heavy atom. The van der Waals surface area contributed by atoms with E-state index >= 15 is 0 Å². The van der Waals surface area contributed by atoms with Crippen molar-refractivity contribution in [1.29, 1.82) is 0 Å². The van der Waals surface area contributed by atoms with Gasteiger partial charge in [-0.25, -0.2) is 22.0 Å². The van der Waals surface area contributed by atoms with Crippen LogP contribution in [0.25, 0.3) is 22.3 Å². The van der Waals surface area contributed by atoms with Crippen molar-refractivity contribution < 1.29 is 31.4 Å². The first kappa shape index (κ1) is 20.8. The first-order chi connectivity index (χ1) is 14.3. The van der Waals surface area contributed by atoms with Gasteiger partial charge in [-0.05, 0) is 35.4 Å². The summed E-state index contributed by atoms with van der Waals surface area (Å²) in [5.41, 5.74) is 0.526. The van der Waals surface area contributed by atoms with Gasteiger partial charge in [0.1, 0.15) is 11.6 Å². The van der Waals surface area contributed by atoms with Crippen molar-refractivity contribution in [2.45, 2.75) is 11.5 Å². The predicted octanol–water partition coefficient (Wildman–Crippen LogP) is 6.06. The van der Waals surface area contributed by atoms with Crippen LogP contribution in [0.2, 0.25) is 0 Å². The second kappa shape index (κ2) is 8.37. The fraction of sp³-hybridized carbons (Fsp3) is 0.182. The molecule has 0 atom stereocenters. The number of benzene rings is 3. The van der Waals surface area contributed by atoms with Crippen LogP contribution in [-0.2, 0) is 9.47 Å². The van der Waals surface area contributed by atoms with Crippen LogP contribution >= 0.6 is 12.6 Å². The molecule has 1 aliphatic heterocycles. The average Bonchev–Trinajstić information content (AvgIpc) is 2.72. The highest BCUT2D eigenvalue weighted by molar-refractivity contribution is 7.81. The van der Waals surface area contributed by atoms with Crippen LogP contribution in [0, 0.1) is 29.1 Å². The summed E-state index contributed by atoms with van der Waals surface area (Å²) in [6.45, 7) is 0.739. The highest BCUT2D eigenvalue weighted by Crippen LogP contribution is 2.33. The van der Waals surface area contributed by atoms with Gasteiger partial charge in [-0.1, -0.05) is 24.3 Å². The van der Waals surface area contributed by atoms with Crippen LogP contribution in [0.5, 0.6) is 0 Å². The molecule has 0 unspecified atom stereocenters. The minimum atomic E-state index is -1.63. The highest BCUT2D eigenvalue weighted by Gasteiger charge is 2.22. The highest BCUT2D eigenvalue weighted by atomic mass is 32.1. The molecule has 0 aliphatic carbocycles. The van der Waals surface area contributed by atoms with Crippen molar-refractivity contribution in [3.63, 3.8) is 0 Å². The van der Waals surface area contributed by atoms with E-state index in [1.165, 1.54) is 24.3 Å². The van der Waals surface area contributed by atoms with Crippen molar-refractivity contribution >= 4 is 12.6 Å². The quantitative estimate of drug-likeness (QED) is 0.304. The van der Waals surface area contributed by atoms with Gasteiger partial charge >= 0.3 is 0 Å². The van der Waals surface area contributed by atoms with Gasteiger partial charge in [0, 0.05) is 21.9 Å². The van der Waals surface area contributed by atoms with Crippen LogP contribution in [0.3, 0.4) is 0 Å². The lowest BCUT2D eigenvalue weighted by Gasteiger charge is -2.27. The Labute approximate surface area is 174 Å². The number of halogens is 5. The van der Waals surface area contributed by atoms with E-state index in [2.05, 4.69) is 12.6 Å². The summed E-state index contributed by atoms with van der Waals surface area (Å²) in [4.78, 5) is 0. The molecule has 2 nitrogen and oxygen atoms in total. The van der Waals surface area contributed by atoms with Crippen LogP contribution in [0.15, 0.2) is 48.5 Å². The first-order valence-corrected chi connectivity index (χ1v) is 9.50. The minimum Gasteiger partial charge on any atom is -0.347 e. The van der Waals surface area contributed by atoms with E-state index in [0.29, 0.717) is 30.9 Å². The van der Waals surface area contributed by atoms with Gasteiger partial charge in [-0.3, -0.25) is 0 Å². The minimum absolute atomic E-state index is 0.0464. The molecule has 8 heteroatoms. The van der Waals surface area contributed by atoms with Crippen molar-refractivity contribution in [3.8, 4) is 22.3 Å². The van der Waals surface area contributed by atoms with Gasteiger partial charge in [0.15, 0.2) is 23.7 Å². The van der Waals surface area contributed by atoms with E-state index in [1.807, 2.05) is 0 Å². The molecule has 3 aromatic rings. The van der Waals surface area contributed by atoms with Crippen molar-refractivity contribution in [2.75, 3.05) is 13.2 Å². The van der Waals surface area contributed by atoms with Gasteiger partial charge in [0.05, 0.1) is 13.2 Å². The monoisotopic (exact) mass is 438 g/mol. The normalized spacial score (nSPS) is 19.1. The summed E-state index contributed by atoms with van der Waals surface area (Å²) < 4.78 is 80.3. The zero-order valence-electron chi connectivity index (χ0n) is 15.3. The third-order valence-corrected chi connectivity index (χ3v) is 5.02. The Bertz CT molecular complexity index is 1070. The fourth-order valence-corrected chi connectivity index (χ4v) is 3.40. The van der Waals surface area contributed by atoms with E-state index < -0.39 is 35.4 Å². The molecule has 1 fully saturated rings. The van der Waals surface area contributed by atoms with Crippen molar-refractivity contribution in [2.24, 2.45) is 0 Å². The van der Waals surface area contributed by atoms with Gasteiger partial charge in [0.2, 0.25) is 0 Å². The van der Waals surface area contributed by atoms with E-state index in [0.717, 1.165) is 6.07 Å². The summed E-state index contributed by atoms with van der Waals surface area (Å²) >= 11 is 4.24. The molecule has 1 saturated heterocycles. The summed E-state index contributed by atoms with van der Waals surface area (Å²) in [5, 5.41) is -0.0464. The number of hydrogen-bond donors (Lipinski definition) is 1. The molecule has 0 aromatic heterocycles. The molecule has 30 heavy (non-hydrogen) atoms. The van der Waals surface area contributed by atoms with Gasteiger partial charge in [0.25, 0.3) is 0 Å². The van der Waals surface area contributed by atoms with Crippen LogP contribution in [-0.4, -0.2) is 18.5 Å².